The molecule has 0 saturated heterocycles. The average molecular weight is 407 g/mol. The first-order valence-electron chi connectivity index (χ1n) is 8.74. The lowest BCUT2D eigenvalue weighted by Gasteiger charge is -2.09. The first kappa shape index (κ1) is 18.8. The molecule has 9 nitrogen and oxygen atoms in total. The predicted molar refractivity (Wildman–Crippen MR) is 107 cm³/mol. The molecule has 146 valence electrons. The van der Waals surface area contributed by atoms with Crippen molar-refractivity contribution in [3.8, 4) is 5.82 Å². The number of thioether (sulfide) groups is 1. The zero-order valence-corrected chi connectivity index (χ0v) is 16.6. The van der Waals surface area contributed by atoms with Gasteiger partial charge in [-0.15, -0.1) is 11.8 Å². The third-order valence-electron chi connectivity index (χ3n) is 4.21. The van der Waals surface area contributed by atoms with Crippen LogP contribution in [-0.2, 0) is 5.75 Å². The van der Waals surface area contributed by atoms with Crippen LogP contribution in [0, 0.1) is 13.8 Å². The molecule has 4 aromatic rings. The van der Waals surface area contributed by atoms with Gasteiger partial charge in [0.1, 0.15) is 23.4 Å². The zero-order chi connectivity index (χ0) is 20.2. The maximum absolute atomic E-state index is 12.8. The minimum absolute atomic E-state index is 0.255. The Labute approximate surface area is 170 Å². The number of hydrogen-bond acceptors (Lipinski definition) is 8. The number of amides is 1. The number of carbonyl (C=O) groups excluding carboxylic acids is 1. The van der Waals surface area contributed by atoms with Gasteiger partial charge in [-0.1, -0.05) is 5.16 Å². The second-order valence-electron chi connectivity index (χ2n) is 6.15. The number of rotatable bonds is 6. The van der Waals surface area contributed by atoms with E-state index in [1.165, 1.54) is 22.8 Å². The molecule has 0 unspecified atom stereocenters. The smallest absolute Gasteiger partial charge is 0.258 e. The van der Waals surface area contributed by atoms with Gasteiger partial charge in [-0.25, -0.2) is 19.6 Å². The Morgan fingerprint density at radius 2 is 2.14 bits per heavy atom. The molecule has 0 aliphatic carbocycles. The van der Waals surface area contributed by atoms with Gasteiger partial charge in [0.2, 0.25) is 0 Å². The topological polar surface area (TPSA) is 112 Å². The number of anilines is 1. The van der Waals surface area contributed by atoms with Crippen molar-refractivity contribution in [3.05, 3.63) is 71.9 Å². The lowest BCUT2D eigenvalue weighted by molar-refractivity contribution is 0.102. The summed E-state index contributed by atoms with van der Waals surface area (Å²) >= 11 is 1.47. The fourth-order valence-electron chi connectivity index (χ4n) is 2.65. The molecule has 0 spiro atoms. The molecule has 0 atom stereocenters. The van der Waals surface area contributed by atoms with Gasteiger partial charge in [0.15, 0.2) is 5.82 Å². The van der Waals surface area contributed by atoms with Crippen molar-refractivity contribution >= 4 is 23.4 Å². The summed E-state index contributed by atoms with van der Waals surface area (Å²) in [5.74, 6) is 1.75. The van der Waals surface area contributed by atoms with Gasteiger partial charge in [-0.3, -0.25) is 4.79 Å². The Bertz CT molecular complexity index is 1100. The number of pyridine rings is 2. The van der Waals surface area contributed by atoms with Gasteiger partial charge in [0.25, 0.3) is 5.91 Å². The second-order valence-corrected chi connectivity index (χ2v) is 7.11. The van der Waals surface area contributed by atoms with E-state index in [1.807, 2.05) is 13.8 Å². The Morgan fingerprint density at radius 3 is 2.83 bits per heavy atom. The van der Waals surface area contributed by atoms with Crippen molar-refractivity contribution in [2.45, 2.75) is 24.6 Å². The summed E-state index contributed by atoms with van der Waals surface area (Å²) in [4.78, 5) is 25.3. The van der Waals surface area contributed by atoms with Crippen molar-refractivity contribution < 1.29 is 9.32 Å². The highest BCUT2D eigenvalue weighted by Gasteiger charge is 2.16. The summed E-state index contributed by atoms with van der Waals surface area (Å²) in [5.41, 5.74) is 2.92. The van der Waals surface area contributed by atoms with Crippen molar-refractivity contribution in [1.82, 2.24) is 29.9 Å². The minimum Gasteiger partial charge on any atom is -0.361 e. The molecular formula is C19H17N7O2S. The normalized spacial score (nSPS) is 10.8. The molecular weight excluding hydrogens is 390 g/mol. The van der Waals surface area contributed by atoms with E-state index in [2.05, 4.69) is 30.5 Å². The maximum Gasteiger partial charge on any atom is 0.258 e. The highest BCUT2D eigenvalue weighted by Crippen LogP contribution is 2.27. The molecule has 10 heteroatoms. The first-order valence-corrected chi connectivity index (χ1v) is 9.72. The van der Waals surface area contributed by atoms with E-state index in [9.17, 15) is 4.79 Å². The van der Waals surface area contributed by atoms with Crippen molar-refractivity contribution in [1.29, 1.82) is 0 Å². The van der Waals surface area contributed by atoms with Crippen molar-refractivity contribution in [2.24, 2.45) is 0 Å². The fourth-order valence-corrected chi connectivity index (χ4v) is 3.79. The molecule has 0 aliphatic rings. The van der Waals surface area contributed by atoms with Crippen LogP contribution in [0.15, 0.2) is 58.9 Å². The third-order valence-corrected chi connectivity index (χ3v) is 5.24. The molecule has 4 rings (SSSR count). The van der Waals surface area contributed by atoms with Crippen LogP contribution in [0.4, 0.5) is 5.69 Å². The molecule has 0 bridgehead atoms. The van der Waals surface area contributed by atoms with Crippen molar-refractivity contribution in [3.63, 3.8) is 0 Å². The second kappa shape index (κ2) is 8.23. The molecule has 0 aliphatic heterocycles. The lowest BCUT2D eigenvalue weighted by Crippen LogP contribution is -2.14. The molecule has 1 amide bonds. The summed E-state index contributed by atoms with van der Waals surface area (Å²) in [7, 11) is 0. The summed E-state index contributed by atoms with van der Waals surface area (Å²) in [6.45, 7) is 3.77. The van der Waals surface area contributed by atoms with Crippen LogP contribution in [0.25, 0.3) is 5.82 Å². The highest BCUT2D eigenvalue weighted by atomic mass is 32.2. The third kappa shape index (κ3) is 4.16. The fraction of sp³-hybridized carbons (Fsp3) is 0.158. The monoisotopic (exact) mass is 407 g/mol. The molecule has 4 heterocycles. The maximum atomic E-state index is 12.8. The van der Waals surface area contributed by atoms with E-state index >= 15 is 0 Å². The van der Waals surface area contributed by atoms with Gasteiger partial charge in [-0.05, 0) is 38.1 Å². The molecule has 0 saturated carbocycles. The summed E-state index contributed by atoms with van der Waals surface area (Å²) < 4.78 is 6.73. The first-order chi connectivity index (χ1) is 14.1. The van der Waals surface area contributed by atoms with Gasteiger partial charge in [0.05, 0.1) is 23.1 Å². The molecule has 0 aromatic carbocycles. The van der Waals surface area contributed by atoms with E-state index in [4.69, 9.17) is 4.52 Å². The molecule has 4 aromatic heterocycles. The van der Waals surface area contributed by atoms with Gasteiger partial charge < -0.3 is 9.84 Å². The quantitative estimate of drug-likeness (QED) is 0.485. The van der Waals surface area contributed by atoms with Crippen LogP contribution in [0.1, 0.15) is 27.4 Å². The molecule has 0 fully saturated rings. The Morgan fingerprint density at radius 1 is 1.24 bits per heavy atom. The van der Waals surface area contributed by atoms with E-state index < -0.39 is 0 Å². The van der Waals surface area contributed by atoms with Crippen molar-refractivity contribution in [2.75, 3.05) is 5.32 Å². The Balaban J connectivity index is 1.47. The number of hydrogen-bond donors (Lipinski definition) is 1. The summed E-state index contributed by atoms with van der Waals surface area (Å²) in [6.07, 6.45) is 6.23. The SMILES string of the molecule is Cc1noc(C)c1CSc1ncccc1C(=O)Nc1ccc(-n2cncn2)nc1. The number of aryl methyl sites for hydroxylation is 2. The van der Waals surface area contributed by atoms with E-state index in [0.717, 1.165) is 17.0 Å². The number of nitrogens with one attached hydrogen (secondary N) is 1. The molecule has 0 radical (unpaired) electrons. The van der Waals surface area contributed by atoms with E-state index in [-0.39, 0.29) is 5.91 Å². The predicted octanol–water partition coefficient (Wildman–Crippen LogP) is 3.21. The largest absolute Gasteiger partial charge is 0.361 e. The minimum atomic E-state index is -0.255. The van der Waals surface area contributed by atoms with Crippen LogP contribution in [0.5, 0.6) is 0 Å². The van der Waals surface area contributed by atoms with Crippen LogP contribution >= 0.6 is 11.8 Å². The van der Waals surface area contributed by atoms with E-state index in [1.54, 1.807) is 43.0 Å². The lowest BCUT2D eigenvalue weighted by atomic mass is 10.2. The van der Waals surface area contributed by atoms with Gasteiger partial charge in [-0.2, -0.15) is 5.10 Å². The number of aromatic nitrogens is 6. The Kier molecular flexibility index (Phi) is 5.34. The number of carbonyl (C=O) groups is 1. The van der Waals surface area contributed by atoms with Crippen LogP contribution in [0.3, 0.4) is 0 Å². The van der Waals surface area contributed by atoms with E-state index in [0.29, 0.717) is 27.8 Å². The molecule has 1 N–H and O–H groups in total. The van der Waals surface area contributed by atoms with Crippen LogP contribution in [-0.4, -0.2) is 35.8 Å². The summed E-state index contributed by atoms with van der Waals surface area (Å²) in [5, 5.41) is 11.5. The average Bonchev–Trinajstić information content (AvgIpc) is 3.38. The summed E-state index contributed by atoms with van der Waals surface area (Å²) in [6, 6.07) is 6.99. The molecule has 29 heavy (non-hydrogen) atoms. The van der Waals surface area contributed by atoms with Crippen LogP contribution < -0.4 is 5.32 Å². The zero-order valence-electron chi connectivity index (χ0n) is 15.7. The number of nitrogens with zero attached hydrogens (tertiary/aromatic N) is 6. The van der Waals surface area contributed by atoms with Gasteiger partial charge >= 0.3 is 0 Å². The van der Waals surface area contributed by atoms with Crippen LogP contribution in [0.2, 0.25) is 0 Å². The van der Waals surface area contributed by atoms with Gasteiger partial charge in [0, 0.05) is 17.5 Å². The highest BCUT2D eigenvalue weighted by molar-refractivity contribution is 7.98. The Hall–Kier alpha value is -3.53. The standard InChI is InChI=1S/C19H17N7O2S/c1-12-16(13(2)28-25-12)9-29-19-15(4-3-7-21-19)18(27)24-14-5-6-17(22-8-14)26-11-20-10-23-26/h3-8,10-11H,9H2,1-2H3,(H,24,27).